The van der Waals surface area contributed by atoms with Gasteiger partial charge in [-0.3, -0.25) is 9.59 Å². The van der Waals surface area contributed by atoms with Gasteiger partial charge in [-0.25, -0.2) is 4.68 Å². The molecule has 0 unspecified atom stereocenters. The third kappa shape index (κ3) is 2.15. The van der Waals surface area contributed by atoms with Crippen LogP contribution in [0.5, 0.6) is 0 Å². The van der Waals surface area contributed by atoms with Gasteiger partial charge in [0.25, 0.3) is 5.56 Å². The number of nitrogens with zero attached hydrogens (tertiary/aromatic N) is 2. The molecule has 0 spiro atoms. The molecule has 1 aliphatic rings. The summed E-state index contributed by atoms with van der Waals surface area (Å²) in [7, 11) is 0. The molecule has 2 aromatic heterocycles. The minimum atomic E-state index is -0.204. The van der Waals surface area contributed by atoms with Crippen LogP contribution < -0.4 is 16.0 Å². The number of fused-ring (bicyclic) bond motifs is 2. The molecule has 124 valence electrons. The highest BCUT2D eigenvalue weighted by atomic mass is 16.1. The first-order chi connectivity index (χ1) is 11.6. The molecular formula is C19H21N3O2. The van der Waals surface area contributed by atoms with Crippen molar-refractivity contribution in [3.05, 3.63) is 56.6 Å². The van der Waals surface area contributed by atoms with Crippen LogP contribution in [0.15, 0.2) is 39.9 Å². The zero-order valence-corrected chi connectivity index (χ0v) is 14.0. The van der Waals surface area contributed by atoms with Crippen molar-refractivity contribution in [2.75, 3.05) is 18.1 Å². The van der Waals surface area contributed by atoms with Crippen molar-refractivity contribution in [3.63, 3.8) is 0 Å². The zero-order chi connectivity index (χ0) is 16.8. The highest BCUT2D eigenvalue weighted by Gasteiger charge is 2.21. The Labute approximate surface area is 139 Å². The molecule has 1 fully saturated rings. The van der Waals surface area contributed by atoms with E-state index in [1.165, 1.54) is 0 Å². The third-order valence-corrected chi connectivity index (χ3v) is 4.84. The van der Waals surface area contributed by atoms with Gasteiger partial charge in [-0.2, -0.15) is 0 Å². The Bertz CT molecular complexity index is 1040. The van der Waals surface area contributed by atoms with E-state index in [0.717, 1.165) is 37.1 Å². The smallest absolute Gasteiger partial charge is 0.282 e. The maximum absolute atomic E-state index is 13.2. The summed E-state index contributed by atoms with van der Waals surface area (Å²) in [6.07, 6.45) is 2.16. The fraction of sp³-hybridized carbons (Fsp3) is 0.368. The largest absolute Gasteiger partial charge is 0.354 e. The van der Waals surface area contributed by atoms with Crippen LogP contribution in [0, 0.1) is 0 Å². The number of hydrogen-bond donors (Lipinski definition) is 1. The summed E-state index contributed by atoms with van der Waals surface area (Å²) in [6, 6.07) is 9.32. The number of nitrogens with one attached hydrogen (secondary N) is 1. The van der Waals surface area contributed by atoms with E-state index in [2.05, 4.69) is 23.8 Å². The summed E-state index contributed by atoms with van der Waals surface area (Å²) in [5.74, 6) is 0.192. The lowest BCUT2D eigenvalue weighted by atomic mass is 10.1. The maximum Gasteiger partial charge on any atom is 0.282 e. The molecule has 3 aromatic rings. The van der Waals surface area contributed by atoms with E-state index in [1.807, 2.05) is 24.3 Å². The molecule has 3 heterocycles. The van der Waals surface area contributed by atoms with E-state index < -0.39 is 0 Å². The summed E-state index contributed by atoms with van der Waals surface area (Å²) in [5.41, 5.74) is 1.95. The SMILES string of the molecule is CC(C)c1cc2[nH]c3ccccc3c(=O)c2c(=O)n1N1CCCC1. The summed E-state index contributed by atoms with van der Waals surface area (Å²) < 4.78 is 1.74. The van der Waals surface area contributed by atoms with Crippen LogP contribution in [0.25, 0.3) is 21.8 Å². The van der Waals surface area contributed by atoms with Crippen LogP contribution in [0.2, 0.25) is 0 Å². The lowest BCUT2D eigenvalue weighted by Gasteiger charge is -2.26. The molecule has 0 atom stereocenters. The van der Waals surface area contributed by atoms with Crippen LogP contribution in [-0.4, -0.2) is 22.7 Å². The first-order valence-corrected chi connectivity index (χ1v) is 8.54. The van der Waals surface area contributed by atoms with Crippen molar-refractivity contribution in [3.8, 4) is 0 Å². The van der Waals surface area contributed by atoms with Crippen LogP contribution in [0.3, 0.4) is 0 Å². The van der Waals surface area contributed by atoms with Gasteiger partial charge in [-0.1, -0.05) is 26.0 Å². The Hall–Kier alpha value is -2.56. The van der Waals surface area contributed by atoms with Gasteiger partial charge in [0.05, 0.1) is 5.52 Å². The predicted molar refractivity (Wildman–Crippen MR) is 97.6 cm³/mol. The second kappa shape index (κ2) is 5.51. The van der Waals surface area contributed by atoms with Gasteiger partial charge in [0, 0.05) is 29.7 Å². The van der Waals surface area contributed by atoms with Gasteiger partial charge in [0.1, 0.15) is 5.39 Å². The van der Waals surface area contributed by atoms with E-state index >= 15 is 0 Å². The van der Waals surface area contributed by atoms with E-state index in [4.69, 9.17) is 0 Å². The molecule has 1 N–H and O–H groups in total. The fourth-order valence-corrected chi connectivity index (χ4v) is 3.61. The molecule has 5 nitrogen and oxygen atoms in total. The summed E-state index contributed by atoms with van der Waals surface area (Å²) in [6.45, 7) is 5.87. The number of aromatic amines is 1. The predicted octanol–water partition coefficient (Wildman–Crippen LogP) is 2.70. The average Bonchev–Trinajstić information content (AvgIpc) is 3.08. The van der Waals surface area contributed by atoms with Crippen LogP contribution in [-0.2, 0) is 0 Å². The maximum atomic E-state index is 13.2. The number of aromatic nitrogens is 2. The van der Waals surface area contributed by atoms with E-state index in [-0.39, 0.29) is 22.3 Å². The Morgan fingerprint density at radius 1 is 1.04 bits per heavy atom. The fourth-order valence-electron chi connectivity index (χ4n) is 3.61. The molecule has 0 aliphatic carbocycles. The molecule has 1 aromatic carbocycles. The van der Waals surface area contributed by atoms with Crippen LogP contribution >= 0.6 is 0 Å². The summed E-state index contributed by atoms with van der Waals surface area (Å²) in [5, 5.41) is 2.89. The van der Waals surface area contributed by atoms with Gasteiger partial charge >= 0.3 is 0 Å². The molecule has 1 aliphatic heterocycles. The molecule has 4 rings (SSSR count). The quantitative estimate of drug-likeness (QED) is 0.738. The molecule has 5 heteroatoms. The number of benzene rings is 1. The Kier molecular flexibility index (Phi) is 3.44. The normalized spacial score (nSPS) is 15.0. The van der Waals surface area contributed by atoms with Gasteiger partial charge in [0.2, 0.25) is 5.43 Å². The van der Waals surface area contributed by atoms with E-state index in [1.54, 1.807) is 10.7 Å². The van der Waals surface area contributed by atoms with Crippen molar-refractivity contribution in [1.82, 2.24) is 9.66 Å². The van der Waals surface area contributed by atoms with E-state index in [0.29, 0.717) is 10.9 Å². The standard InChI is InChI=1S/C19H21N3O2/c1-12(2)16-11-15-17(19(24)22(16)21-9-5-6-10-21)18(23)13-7-3-4-8-14(13)20-15/h3-4,7-8,11-12H,5-6,9-10H2,1-2H3,(H,20,23). The number of para-hydroxylation sites is 1. The number of hydrogen-bond acceptors (Lipinski definition) is 3. The highest BCUT2D eigenvalue weighted by molar-refractivity contribution is 5.92. The third-order valence-electron chi connectivity index (χ3n) is 4.84. The second-order valence-corrected chi connectivity index (χ2v) is 6.79. The van der Waals surface area contributed by atoms with E-state index in [9.17, 15) is 9.59 Å². The minimum absolute atomic E-state index is 0.187. The monoisotopic (exact) mass is 323 g/mol. The number of H-pyrrole nitrogens is 1. The van der Waals surface area contributed by atoms with Gasteiger partial charge in [-0.05, 0) is 37.0 Å². The molecule has 0 saturated carbocycles. The van der Waals surface area contributed by atoms with Gasteiger partial charge < -0.3 is 9.99 Å². The van der Waals surface area contributed by atoms with Crippen molar-refractivity contribution in [2.24, 2.45) is 0 Å². The Morgan fingerprint density at radius 3 is 2.46 bits per heavy atom. The lowest BCUT2D eigenvalue weighted by molar-refractivity contribution is 0.589. The highest BCUT2D eigenvalue weighted by Crippen LogP contribution is 2.20. The molecular weight excluding hydrogens is 302 g/mol. The van der Waals surface area contributed by atoms with Crippen LogP contribution in [0.4, 0.5) is 0 Å². The molecule has 24 heavy (non-hydrogen) atoms. The lowest BCUT2D eigenvalue weighted by Crippen LogP contribution is -2.43. The molecule has 0 bridgehead atoms. The van der Waals surface area contributed by atoms with Crippen molar-refractivity contribution < 1.29 is 0 Å². The van der Waals surface area contributed by atoms with Crippen LogP contribution in [0.1, 0.15) is 38.3 Å². The Balaban J connectivity index is 2.15. The topological polar surface area (TPSA) is 58.1 Å². The summed E-state index contributed by atoms with van der Waals surface area (Å²) >= 11 is 0. The average molecular weight is 323 g/mol. The Morgan fingerprint density at radius 2 is 1.75 bits per heavy atom. The van der Waals surface area contributed by atoms with Crippen molar-refractivity contribution in [1.29, 1.82) is 0 Å². The first kappa shape index (κ1) is 15.0. The second-order valence-electron chi connectivity index (χ2n) is 6.79. The summed E-state index contributed by atoms with van der Waals surface area (Å²) in [4.78, 5) is 29.4. The molecule has 0 amide bonds. The molecule has 1 saturated heterocycles. The number of rotatable bonds is 2. The molecule has 0 radical (unpaired) electrons. The van der Waals surface area contributed by atoms with Gasteiger partial charge in [-0.15, -0.1) is 0 Å². The van der Waals surface area contributed by atoms with Crippen molar-refractivity contribution in [2.45, 2.75) is 32.6 Å². The first-order valence-electron chi connectivity index (χ1n) is 8.54. The van der Waals surface area contributed by atoms with Crippen molar-refractivity contribution >= 4 is 21.8 Å². The number of pyridine rings is 2. The van der Waals surface area contributed by atoms with Gasteiger partial charge in [0.15, 0.2) is 0 Å². The minimum Gasteiger partial charge on any atom is -0.354 e. The zero-order valence-electron chi connectivity index (χ0n) is 14.0.